The third-order valence-electron chi connectivity index (χ3n) is 9.06. The van der Waals surface area contributed by atoms with Crippen LogP contribution in [0.3, 0.4) is 0 Å². The van der Waals surface area contributed by atoms with Crippen molar-refractivity contribution in [2.45, 2.75) is 90.6 Å². The second-order valence-corrected chi connectivity index (χ2v) is 13.4. The van der Waals surface area contributed by atoms with E-state index in [0.717, 1.165) is 11.1 Å². The van der Waals surface area contributed by atoms with E-state index in [1.54, 1.807) is 27.7 Å². The van der Waals surface area contributed by atoms with Gasteiger partial charge in [-0.25, -0.2) is 9.78 Å². The van der Waals surface area contributed by atoms with E-state index in [4.69, 9.17) is 9.15 Å². The summed E-state index contributed by atoms with van der Waals surface area (Å²) in [5, 5.41) is 3.01. The molecular formula is C33H43N5O7. The van der Waals surface area contributed by atoms with Crippen molar-refractivity contribution in [1.82, 2.24) is 25.0 Å². The summed E-state index contributed by atoms with van der Waals surface area (Å²) in [6.45, 7) is 10.8. The molecule has 4 amide bonds. The molecule has 2 fully saturated rings. The van der Waals surface area contributed by atoms with Gasteiger partial charge in [-0.3, -0.25) is 14.4 Å². The smallest absolute Gasteiger partial charge is 0.410 e. The number of fused-ring (bicyclic) bond motifs is 1. The largest absolute Gasteiger partial charge is 0.449 e. The Morgan fingerprint density at radius 2 is 1.82 bits per heavy atom. The highest BCUT2D eigenvalue weighted by Crippen LogP contribution is 2.37. The van der Waals surface area contributed by atoms with Crippen LogP contribution in [0.4, 0.5) is 4.79 Å². The molecule has 0 spiro atoms. The molecule has 3 heterocycles. The van der Waals surface area contributed by atoms with E-state index in [0.29, 0.717) is 31.4 Å². The first-order valence-corrected chi connectivity index (χ1v) is 15.7. The maximum absolute atomic E-state index is 14.6. The molecule has 0 saturated carbocycles. The topological polar surface area (TPSA) is 142 Å². The molecule has 5 atom stereocenters. The Labute approximate surface area is 263 Å². The van der Waals surface area contributed by atoms with Crippen molar-refractivity contribution in [2.75, 3.05) is 19.6 Å². The van der Waals surface area contributed by atoms with Crippen molar-refractivity contribution < 1.29 is 33.1 Å². The Balaban J connectivity index is 1.50. The minimum atomic E-state index is -1.32. The first-order chi connectivity index (χ1) is 21.3. The van der Waals surface area contributed by atoms with Crippen LogP contribution in [0.15, 0.2) is 34.9 Å². The Hall–Kier alpha value is -4.22. The molecule has 45 heavy (non-hydrogen) atoms. The van der Waals surface area contributed by atoms with Crippen molar-refractivity contribution in [2.24, 2.45) is 11.8 Å². The van der Waals surface area contributed by atoms with E-state index >= 15 is 0 Å². The number of nitrogens with zero attached hydrogens (tertiary/aromatic N) is 4. The number of hydrogen-bond donors (Lipinski definition) is 1. The highest BCUT2D eigenvalue weighted by molar-refractivity contribution is 6.00. The van der Waals surface area contributed by atoms with Crippen LogP contribution >= 0.6 is 0 Å². The van der Waals surface area contributed by atoms with Gasteiger partial charge in [0, 0.05) is 20.0 Å². The van der Waals surface area contributed by atoms with Crippen LogP contribution in [0, 0.1) is 18.8 Å². The molecule has 3 aliphatic rings. The van der Waals surface area contributed by atoms with E-state index in [1.807, 2.05) is 38.1 Å². The molecule has 1 aromatic carbocycles. The SMILES string of the molecule is CC[C@H](C)[C@@H]1C(=O)N[C@H](C2Cc3ccccc3C2)C(=O)N1C(C(=O)N1CCN(C(=O)OC(C)(C)C)CC1C=O)c1coc(C)n1. The number of ether oxygens (including phenoxy) is 1. The van der Waals surface area contributed by atoms with Crippen LogP contribution in [-0.4, -0.2) is 93.1 Å². The highest BCUT2D eigenvalue weighted by Gasteiger charge is 2.52. The minimum absolute atomic E-state index is 0.0262. The van der Waals surface area contributed by atoms with Gasteiger partial charge in [-0.05, 0) is 56.6 Å². The second kappa shape index (κ2) is 12.6. The summed E-state index contributed by atoms with van der Waals surface area (Å²) in [6, 6.07) is 3.87. The first kappa shape index (κ1) is 32.2. The van der Waals surface area contributed by atoms with Crippen LogP contribution in [0.1, 0.15) is 69.8 Å². The fraction of sp³-hybridized carbons (Fsp3) is 0.576. The maximum atomic E-state index is 14.6. The number of rotatable bonds is 7. The third-order valence-corrected chi connectivity index (χ3v) is 9.06. The summed E-state index contributed by atoms with van der Waals surface area (Å²) < 4.78 is 11.0. The summed E-state index contributed by atoms with van der Waals surface area (Å²) in [5.41, 5.74) is 1.73. The number of oxazole rings is 1. The van der Waals surface area contributed by atoms with E-state index in [1.165, 1.54) is 21.0 Å². The van der Waals surface area contributed by atoms with Crippen LogP contribution in [0.5, 0.6) is 0 Å². The molecule has 1 aliphatic carbocycles. The zero-order chi connectivity index (χ0) is 32.6. The number of aromatic nitrogens is 1. The Morgan fingerprint density at radius 1 is 1.16 bits per heavy atom. The van der Waals surface area contributed by atoms with Crippen LogP contribution in [0.2, 0.25) is 0 Å². The van der Waals surface area contributed by atoms with Gasteiger partial charge in [-0.15, -0.1) is 0 Å². The van der Waals surface area contributed by atoms with Crippen molar-refractivity contribution in [3.05, 3.63) is 53.2 Å². The molecule has 0 radical (unpaired) electrons. The van der Waals surface area contributed by atoms with Gasteiger partial charge in [-0.2, -0.15) is 0 Å². The minimum Gasteiger partial charge on any atom is -0.449 e. The zero-order valence-electron chi connectivity index (χ0n) is 26.8. The summed E-state index contributed by atoms with van der Waals surface area (Å²) >= 11 is 0. The van der Waals surface area contributed by atoms with E-state index in [9.17, 15) is 24.0 Å². The summed E-state index contributed by atoms with van der Waals surface area (Å²) in [6.07, 6.45) is 3.19. The Bertz CT molecular complexity index is 1440. The van der Waals surface area contributed by atoms with Crippen LogP contribution < -0.4 is 5.32 Å². The maximum Gasteiger partial charge on any atom is 0.410 e. The van der Waals surface area contributed by atoms with Gasteiger partial charge in [0.15, 0.2) is 11.9 Å². The quantitative estimate of drug-likeness (QED) is 0.465. The molecule has 242 valence electrons. The fourth-order valence-corrected chi connectivity index (χ4v) is 6.66. The van der Waals surface area contributed by atoms with Crippen LogP contribution in [0.25, 0.3) is 0 Å². The Morgan fingerprint density at radius 3 is 2.38 bits per heavy atom. The van der Waals surface area contributed by atoms with E-state index in [-0.39, 0.29) is 49.0 Å². The highest BCUT2D eigenvalue weighted by atomic mass is 16.6. The molecular weight excluding hydrogens is 578 g/mol. The average molecular weight is 622 g/mol. The molecule has 1 aromatic heterocycles. The monoisotopic (exact) mass is 621 g/mol. The average Bonchev–Trinajstić information content (AvgIpc) is 3.63. The molecule has 1 N–H and O–H groups in total. The number of hydrogen-bond acceptors (Lipinski definition) is 8. The molecule has 2 unspecified atom stereocenters. The van der Waals surface area contributed by atoms with Gasteiger partial charge in [0.05, 0.1) is 6.54 Å². The normalized spacial score (nSPS) is 23.8. The summed E-state index contributed by atoms with van der Waals surface area (Å²) in [7, 11) is 0. The lowest BCUT2D eigenvalue weighted by atomic mass is 9.86. The predicted molar refractivity (Wildman–Crippen MR) is 163 cm³/mol. The zero-order valence-corrected chi connectivity index (χ0v) is 26.8. The summed E-state index contributed by atoms with van der Waals surface area (Å²) in [4.78, 5) is 76.9. The lowest BCUT2D eigenvalue weighted by Gasteiger charge is -2.47. The third kappa shape index (κ3) is 6.46. The van der Waals surface area contributed by atoms with Crippen molar-refractivity contribution in [3.63, 3.8) is 0 Å². The van der Waals surface area contributed by atoms with Gasteiger partial charge < -0.3 is 34.0 Å². The van der Waals surface area contributed by atoms with Gasteiger partial charge in [-0.1, -0.05) is 44.5 Å². The molecule has 2 aromatic rings. The second-order valence-electron chi connectivity index (χ2n) is 13.4. The molecule has 2 saturated heterocycles. The molecule has 12 nitrogen and oxygen atoms in total. The van der Waals surface area contributed by atoms with Crippen molar-refractivity contribution in [3.8, 4) is 0 Å². The first-order valence-electron chi connectivity index (χ1n) is 15.7. The predicted octanol–water partition coefficient (Wildman–Crippen LogP) is 2.83. The number of carbonyl (C=O) groups is 5. The number of benzene rings is 1. The molecule has 5 rings (SSSR count). The van der Waals surface area contributed by atoms with Gasteiger partial charge >= 0.3 is 6.09 Å². The number of aldehydes is 1. The van der Waals surface area contributed by atoms with Gasteiger partial charge in [0.25, 0.3) is 5.91 Å². The number of carbonyl (C=O) groups excluding carboxylic acids is 5. The lowest BCUT2D eigenvalue weighted by molar-refractivity contribution is -0.163. The lowest BCUT2D eigenvalue weighted by Crippen LogP contribution is -2.69. The number of aryl methyl sites for hydroxylation is 1. The van der Waals surface area contributed by atoms with Crippen molar-refractivity contribution in [1.29, 1.82) is 0 Å². The number of amides is 4. The van der Waals surface area contributed by atoms with E-state index in [2.05, 4.69) is 10.3 Å². The number of piperazine rings is 2. The van der Waals surface area contributed by atoms with Crippen LogP contribution in [-0.2, 0) is 36.8 Å². The molecule has 12 heteroatoms. The van der Waals surface area contributed by atoms with Gasteiger partial charge in [0.2, 0.25) is 11.8 Å². The van der Waals surface area contributed by atoms with E-state index < -0.39 is 41.8 Å². The number of nitrogens with one attached hydrogen (secondary N) is 1. The standard InChI is InChI=1S/C33H43N5O7/c1-7-19(2)27-29(40)35-26(23-14-21-10-8-9-11-22(21)15-23)30(41)38(27)28(25-18-44-20(3)34-25)31(42)37-13-12-36(16-24(37)17-39)32(43)45-33(4,5)6/h8-11,17-19,23-24,26-28H,7,12-16H2,1-6H3,(H,35,40)/t19-,24?,26+,27+,28?/m0/s1. The summed E-state index contributed by atoms with van der Waals surface area (Å²) in [5.74, 6) is -1.44. The van der Waals surface area contributed by atoms with Crippen molar-refractivity contribution >= 4 is 30.1 Å². The van der Waals surface area contributed by atoms with Gasteiger partial charge in [0.1, 0.15) is 42.0 Å². The Kier molecular flexibility index (Phi) is 9.04. The fourth-order valence-electron chi connectivity index (χ4n) is 6.66. The molecule has 2 aliphatic heterocycles. The molecule has 0 bridgehead atoms.